The maximum Gasteiger partial charge on any atom is 0.287 e. The average Bonchev–Trinajstić information content (AvgIpc) is 3.50. The van der Waals surface area contributed by atoms with Crippen LogP contribution in [0.25, 0.3) is 11.1 Å². The molecule has 0 bridgehead atoms. The number of para-hydroxylation sites is 1. The molecule has 0 radical (unpaired) electrons. The zero-order chi connectivity index (χ0) is 22.6. The van der Waals surface area contributed by atoms with Gasteiger partial charge in [0.05, 0.1) is 11.8 Å². The van der Waals surface area contributed by atoms with Crippen molar-refractivity contribution in [3.05, 3.63) is 119 Å². The van der Waals surface area contributed by atoms with Crippen LogP contribution in [0.1, 0.15) is 39.0 Å². The van der Waals surface area contributed by atoms with Crippen molar-refractivity contribution in [1.82, 2.24) is 10.3 Å². The van der Waals surface area contributed by atoms with Crippen LogP contribution < -0.4 is 5.32 Å². The number of rotatable bonds is 7. The van der Waals surface area contributed by atoms with E-state index in [0.717, 1.165) is 27.8 Å². The number of thioether (sulfide) groups is 1. The first kappa shape index (κ1) is 21.1. The monoisotopic (exact) mass is 454 g/mol. The molecule has 0 aliphatic rings. The van der Waals surface area contributed by atoms with Gasteiger partial charge in [-0.3, -0.25) is 4.79 Å². The van der Waals surface area contributed by atoms with Crippen molar-refractivity contribution < 1.29 is 13.6 Å². The highest BCUT2D eigenvalue weighted by molar-refractivity contribution is 7.98. The molecule has 0 aliphatic heterocycles. The number of fused-ring (bicyclic) bond motifs is 1. The smallest absolute Gasteiger partial charge is 0.287 e. The molecular weight excluding hydrogens is 432 g/mol. The molecule has 5 aromatic rings. The van der Waals surface area contributed by atoms with Gasteiger partial charge in [-0.15, -0.1) is 0 Å². The number of benzene rings is 3. The minimum atomic E-state index is -0.272. The normalized spacial score (nSPS) is 11.2. The second-order valence-corrected chi connectivity index (χ2v) is 8.61. The number of carbonyl (C=O) groups excluding carboxylic acids is 1. The first-order valence-electron chi connectivity index (χ1n) is 10.7. The van der Waals surface area contributed by atoms with Crippen molar-refractivity contribution >= 4 is 28.8 Å². The Labute approximate surface area is 195 Å². The molecule has 2 aromatic heterocycles. The summed E-state index contributed by atoms with van der Waals surface area (Å²) in [5.41, 5.74) is 4.72. The van der Waals surface area contributed by atoms with Crippen LogP contribution in [0.2, 0.25) is 0 Å². The summed E-state index contributed by atoms with van der Waals surface area (Å²) in [5.74, 6) is 1.21. The van der Waals surface area contributed by atoms with Gasteiger partial charge in [0.15, 0.2) is 11.3 Å². The van der Waals surface area contributed by atoms with E-state index >= 15 is 0 Å². The van der Waals surface area contributed by atoms with E-state index in [4.69, 9.17) is 8.83 Å². The van der Waals surface area contributed by atoms with Crippen LogP contribution >= 0.6 is 11.8 Å². The van der Waals surface area contributed by atoms with Crippen LogP contribution in [0.3, 0.4) is 0 Å². The van der Waals surface area contributed by atoms with Crippen molar-refractivity contribution in [3.8, 4) is 0 Å². The Balaban J connectivity index is 1.29. The second-order valence-electron chi connectivity index (χ2n) is 7.68. The van der Waals surface area contributed by atoms with Crippen molar-refractivity contribution in [2.75, 3.05) is 0 Å². The maximum absolute atomic E-state index is 13.0. The summed E-state index contributed by atoms with van der Waals surface area (Å²) < 4.78 is 11.6. The van der Waals surface area contributed by atoms with Crippen molar-refractivity contribution in [3.63, 3.8) is 0 Å². The number of aromatic nitrogens is 1. The van der Waals surface area contributed by atoms with Gasteiger partial charge in [-0.05, 0) is 41.8 Å². The van der Waals surface area contributed by atoms with Gasteiger partial charge >= 0.3 is 0 Å². The van der Waals surface area contributed by atoms with Gasteiger partial charge in [0, 0.05) is 0 Å². The van der Waals surface area contributed by atoms with Crippen molar-refractivity contribution in [2.45, 2.75) is 23.9 Å². The van der Waals surface area contributed by atoms with E-state index in [1.54, 1.807) is 6.07 Å². The lowest BCUT2D eigenvalue weighted by Gasteiger charge is -2.19. The van der Waals surface area contributed by atoms with Crippen LogP contribution in [0.4, 0.5) is 0 Å². The van der Waals surface area contributed by atoms with E-state index in [0.29, 0.717) is 16.7 Å². The van der Waals surface area contributed by atoms with Crippen LogP contribution in [0, 0.1) is 6.92 Å². The minimum absolute atomic E-state index is 0.263. The summed E-state index contributed by atoms with van der Waals surface area (Å²) >= 11 is 1.44. The lowest BCUT2D eigenvalue weighted by atomic mass is 9.98. The van der Waals surface area contributed by atoms with Gasteiger partial charge in [-0.2, -0.15) is 0 Å². The molecule has 164 valence electrons. The number of nitrogens with one attached hydrogen (secondary N) is 1. The van der Waals surface area contributed by atoms with E-state index in [-0.39, 0.29) is 17.7 Å². The molecule has 1 N–H and O–H groups in total. The molecule has 5 rings (SSSR count). The number of furan rings is 1. The van der Waals surface area contributed by atoms with E-state index in [1.165, 1.54) is 11.8 Å². The number of aryl methyl sites for hydroxylation is 1. The lowest BCUT2D eigenvalue weighted by Crippen LogP contribution is -2.29. The topological polar surface area (TPSA) is 68.3 Å². The number of hydrogen-bond donors (Lipinski definition) is 1. The Bertz CT molecular complexity index is 1340. The quantitative estimate of drug-likeness (QED) is 0.283. The molecule has 0 atom stereocenters. The van der Waals surface area contributed by atoms with Crippen molar-refractivity contribution in [2.24, 2.45) is 0 Å². The largest absolute Gasteiger partial charge is 0.455 e. The third-order valence-electron chi connectivity index (χ3n) is 5.37. The summed E-state index contributed by atoms with van der Waals surface area (Å²) in [6, 6.07) is 28.9. The fourth-order valence-electron chi connectivity index (χ4n) is 3.69. The van der Waals surface area contributed by atoms with E-state index < -0.39 is 0 Å². The van der Waals surface area contributed by atoms with Gasteiger partial charge in [0.1, 0.15) is 11.3 Å². The lowest BCUT2D eigenvalue weighted by molar-refractivity contribution is 0.0913. The Morgan fingerprint density at radius 1 is 0.879 bits per heavy atom. The summed E-state index contributed by atoms with van der Waals surface area (Å²) in [7, 11) is 0. The molecule has 3 aromatic carbocycles. The molecule has 0 saturated carbocycles. The molecule has 0 saturated heterocycles. The standard InChI is InChI=1S/C27H22N2O3S/c1-18-9-8-14-22-24(18)29-27(32-22)33-17-21-15-16-23(31-21)26(30)28-25(19-10-4-2-5-11-19)20-12-6-3-7-13-20/h2-16,25H,17H2,1H3,(H,28,30). The molecule has 0 fully saturated rings. The predicted molar refractivity (Wildman–Crippen MR) is 129 cm³/mol. The molecule has 6 heteroatoms. The third-order valence-corrected chi connectivity index (χ3v) is 6.22. The first-order valence-corrected chi connectivity index (χ1v) is 11.6. The number of oxazole rings is 1. The minimum Gasteiger partial charge on any atom is -0.455 e. The zero-order valence-electron chi connectivity index (χ0n) is 18.0. The number of hydrogen-bond acceptors (Lipinski definition) is 5. The van der Waals surface area contributed by atoms with Crippen LogP contribution in [-0.4, -0.2) is 10.9 Å². The Morgan fingerprint density at radius 3 is 2.24 bits per heavy atom. The van der Waals surface area contributed by atoms with Crippen LogP contribution in [-0.2, 0) is 5.75 Å². The van der Waals surface area contributed by atoms with Gasteiger partial charge in [0.2, 0.25) is 0 Å². The third kappa shape index (κ3) is 4.71. The molecule has 0 unspecified atom stereocenters. The van der Waals surface area contributed by atoms with Gasteiger partial charge in [0.25, 0.3) is 11.1 Å². The number of amides is 1. The van der Waals surface area contributed by atoms with Crippen LogP contribution in [0.5, 0.6) is 0 Å². The fourth-order valence-corrected chi connectivity index (χ4v) is 4.42. The van der Waals surface area contributed by atoms with Gasteiger partial charge in [-0.25, -0.2) is 4.98 Å². The number of carbonyl (C=O) groups is 1. The van der Waals surface area contributed by atoms with Gasteiger partial charge in [-0.1, -0.05) is 84.6 Å². The second kappa shape index (κ2) is 9.38. The molecular formula is C27H22N2O3S. The fraction of sp³-hybridized carbons (Fsp3) is 0.111. The molecule has 1 amide bonds. The van der Waals surface area contributed by atoms with Gasteiger partial charge < -0.3 is 14.2 Å². The van der Waals surface area contributed by atoms with Crippen LogP contribution in [0.15, 0.2) is 105 Å². The molecule has 5 nitrogen and oxygen atoms in total. The predicted octanol–water partition coefficient (Wildman–Crippen LogP) is 6.54. The highest BCUT2D eigenvalue weighted by Gasteiger charge is 2.20. The average molecular weight is 455 g/mol. The Morgan fingerprint density at radius 2 is 1.58 bits per heavy atom. The molecule has 33 heavy (non-hydrogen) atoms. The highest BCUT2D eigenvalue weighted by atomic mass is 32.2. The first-order chi connectivity index (χ1) is 16.2. The van der Waals surface area contributed by atoms with E-state index in [1.807, 2.05) is 91.9 Å². The highest BCUT2D eigenvalue weighted by Crippen LogP contribution is 2.28. The summed E-state index contributed by atoms with van der Waals surface area (Å²) in [5, 5.41) is 3.69. The summed E-state index contributed by atoms with van der Waals surface area (Å²) in [4.78, 5) is 17.6. The Kier molecular flexibility index (Phi) is 6.00. The molecule has 0 aliphatic carbocycles. The Hall–Kier alpha value is -3.77. The SMILES string of the molecule is Cc1cccc2oc(SCc3ccc(C(=O)NC(c4ccccc4)c4ccccc4)o3)nc12. The summed E-state index contributed by atoms with van der Waals surface area (Å²) in [6.45, 7) is 2.01. The number of nitrogens with zero attached hydrogens (tertiary/aromatic N) is 1. The summed E-state index contributed by atoms with van der Waals surface area (Å²) in [6.07, 6.45) is 0. The van der Waals surface area contributed by atoms with E-state index in [9.17, 15) is 4.79 Å². The molecule has 0 spiro atoms. The zero-order valence-corrected chi connectivity index (χ0v) is 18.8. The van der Waals surface area contributed by atoms with Crippen molar-refractivity contribution in [1.29, 1.82) is 0 Å². The maximum atomic E-state index is 13.0. The molecule has 2 heterocycles. The van der Waals surface area contributed by atoms with E-state index in [2.05, 4.69) is 10.3 Å².